The lowest BCUT2D eigenvalue weighted by atomic mass is 10.1. The number of aliphatic hydroxyl groups excluding tert-OH is 1. The summed E-state index contributed by atoms with van der Waals surface area (Å²) in [6, 6.07) is 5.00. The van der Waals surface area contributed by atoms with Gasteiger partial charge in [-0.15, -0.1) is 0 Å². The molecule has 1 aromatic rings. The van der Waals surface area contributed by atoms with Gasteiger partial charge in [0.05, 0.1) is 11.8 Å². The topological polar surface area (TPSA) is 23.5 Å². The summed E-state index contributed by atoms with van der Waals surface area (Å²) >= 11 is 0. The fraction of sp³-hybridized carbons (Fsp3) is 0.538. The lowest BCUT2D eigenvalue weighted by Gasteiger charge is -2.19. The summed E-state index contributed by atoms with van der Waals surface area (Å²) in [5.41, 5.74) is 1.29. The first kappa shape index (κ1) is 11.4. The van der Waals surface area contributed by atoms with E-state index in [2.05, 4.69) is 11.8 Å². The lowest BCUT2D eigenvalue weighted by Crippen LogP contribution is -2.20. The summed E-state index contributed by atoms with van der Waals surface area (Å²) in [7, 11) is 0. The molecule has 0 spiro atoms. The number of hydrogen-bond donors (Lipinski definition) is 1. The third-order valence-electron chi connectivity index (χ3n) is 3.22. The van der Waals surface area contributed by atoms with Crippen molar-refractivity contribution < 1.29 is 9.50 Å². The molecule has 1 N–H and O–H groups in total. The standard InChI is InChI=1S/C13H18FNO/c1-9-5-6-15(8-9)13-4-3-11(10(2)16)7-12(13)14/h3-4,7,9-10,16H,5-6,8H2,1-2H3. The minimum atomic E-state index is -0.610. The van der Waals surface area contributed by atoms with Crippen molar-refractivity contribution in [3.8, 4) is 0 Å². The van der Waals surface area contributed by atoms with Crippen LogP contribution in [0, 0.1) is 11.7 Å². The highest BCUT2D eigenvalue weighted by atomic mass is 19.1. The normalized spacial score (nSPS) is 22.5. The maximum atomic E-state index is 13.8. The van der Waals surface area contributed by atoms with E-state index in [1.165, 1.54) is 6.07 Å². The van der Waals surface area contributed by atoms with Gasteiger partial charge in [-0.1, -0.05) is 13.0 Å². The van der Waals surface area contributed by atoms with Crippen molar-refractivity contribution in [1.29, 1.82) is 0 Å². The van der Waals surface area contributed by atoms with Crippen molar-refractivity contribution in [2.24, 2.45) is 5.92 Å². The Hall–Kier alpha value is -1.09. The Morgan fingerprint density at radius 3 is 2.75 bits per heavy atom. The van der Waals surface area contributed by atoms with Crippen molar-refractivity contribution in [3.05, 3.63) is 29.6 Å². The molecule has 0 amide bonds. The highest BCUT2D eigenvalue weighted by Crippen LogP contribution is 2.28. The Bertz CT molecular complexity index is 378. The van der Waals surface area contributed by atoms with Crippen LogP contribution in [0.25, 0.3) is 0 Å². The number of nitrogens with zero attached hydrogens (tertiary/aromatic N) is 1. The van der Waals surface area contributed by atoms with Gasteiger partial charge in [-0.2, -0.15) is 0 Å². The minimum absolute atomic E-state index is 0.229. The van der Waals surface area contributed by atoms with Gasteiger partial charge in [-0.3, -0.25) is 0 Å². The zero-order valence-corrected chi connectivity index (χ0v) is 9.78. The molecule has 88 valence electrons. The first-order valence-electron chi connectivity index (χ1n) is 5.80. The van der Waals surface area contributed by atoms with E-state index in [0.29, 0.717) is 17.2 Å². The average molecular weight is 223 g/mol. The van der Waals surface area contributed by atoms with Crippen molar-refractivity contribution in [2.45, 2.75) is 26.4 Å². The van der Waals surface area contributed by atoms with E-state index in [1.54, 1.807) is 19.1 Å². The van der Waals surface area contributed by atoms with Gasteiger partial charge >= 0.3 is 0 Å². The quantitative estimate of drug-likeness (QED) is 0.833. The predicted octanol–water partition coefficient (Wildman–Crippen LogP) is 2.73. The number of anilines is 1. The molecular weight excluding hydrogens is 205 g/mol. The van der Waals surface area contributed by atoms with Gasteiger partial charge in [0, 0.05) is 13.1 Å². The molecule has 1 aliphatic heterocycles. The van der Waals surface area contributed by atoms with Crippen LogP contribution in [0.4, 0.5) is 10.1 Å². The van der Waals surface area contributed by atoms with Gasteiger partial charge in [0.2, 0.25) is 0 Å². The summed E-state index contributed by atoms with van der Waals surface area (Å²) in [4.78, 5) is 2.08. The molecule has 0 saturated carbocycles. The maximum absolute atomic E-state index is 13.8. The summed E-state index contributed by atoms with van der Waals surface area (Å²) in [6.07, 6.45) is 0.512. The second kappa shape index (κ2) is 4.42. The van der Waals surface area contributed by atoms with Crippen LogP contribution in [0.3, 0.4) is 0 Å². The molecule has 2 atom stereocenters. The first-order valence-corrected chi connectivity index (χ1v) is 5.80. The van der Waals surface area contributed by atoms with Crippen LogP contribution < -0.4 is 4.90 Å². The van der Waals surface area contributed by atoms with Crippen LogP contribution in [0.15, 0.2) is 18.2 Å². The van der Waals surface area contributed by atoms with Gasteiger partial charge in [-0.05, 0) is 37.0 Å². The van der Waals surface area contributed by atoms with Gasteiger partial charge in [-0.25, -0.2) is 4.39 Å². The number of aliphatic hydroxyl groups is 1. The number of hydrogen-bond acceptors (Lipinski definition) is 2. The summed E-state index contributed by atoms with van der Waals surface area (Å²) in [5.74, 6) is 0.406. The molecule has 0 aliphatic carbocycles. The Morgan fingerprint density at radius 1 is 1.50 bits per heavy atom. The largest absolute Gasteiger partial charge is 0.389 e. The molecule has 1 aliphatic rings. The van der Waals surface area contributed by atoms with Crippen molar-refractivity contribution in [2.75, 3.05) is 18.0 Å². The van der Waals surface area contributed by atoms with Crippen LogP contribution in [0.5, 0.6) is 0 Å². The van der Waals surface area contributed by atoms with E-state index in [1.807, 2.05) is 0 Å². The zero-order chi connectivity index (χ0) is 11.7. The van der Waals surface area contributed by atoms with Gasteiger partial charge in [0.1, 0.15) is 5.82 Å². The van der Waals surface area contributed by atoms with E-state index in [9.17, 15) is 9.50 Å². The molecule has 0 bridgehead atoms. The van der Waals surface area contributed by atoms with Crippen molar-refractivity contribution >= 4 is 5.69 Å². The SMILES string of the molecule is CC1CCN(c2ccc(C(C)O)cc2F)C1. The summed E-state index contributed by atoms with van der Waals surface area (Å²) in [5, 5.41) is 9.37. The van der Waals surface area contributed by atoms with Crippen molar-refractivity contribution in [3.63, 3.8) is 0 Å². The number of halogens is 1. The molecule has 0 aromatic heterocycles. The molecule has 0 radical (unpaired) electrons. The van der Waals surface area contributed by atoms with Crippen LogP contribution in [-0.4, -0.2) is 18.2 Å². The fourth-order valence-corrected chi connectivity index (χ4v) is 2.19. The van der Waals surface area contributed by atoms with E-state index in [4.69, 9.17) is 0 Å². The monoisotopic (exact) mass is 223 g/mol. The van der Waals surface area contributed by atoms with E-state index >= 15 is 0 Å². The van der Waals surface area contributed by atoms with Gasteiger partial charge in [0.15, 0.2) is 0 Å². The molecule has 2 nitrogen and oxygen atoms in total. The molecule has 16 heavy (non-hydrogen) atoms. The fourth-order valence-electron chi connectivity index (χ4n) is 2.19. The molecule has 1 aromatic carbocycles. The molecule has 2 unspecified atom stereocenters. The van der Waals surface area contributed by atoms with Crippen LogP contribution in [-0.2, 0) is 0 Å². The highest BCUT2D eigenvalue weighted by molar-refractivity contribution is 5.50. The van der Waals surface area contributed by atoms with Crippen LogP contribution in [0.1, 0.15) is 31.9 Å². The molecule has 1 fully saturated rings. The molecule has 1 heterocycles. The maximum Gasteiger partial charge on any atom is 0.146 e. The Labute approximate surface area is 95.7 Å². The summed E-state index contributed by atoms with van der Waals surface area (Å²) in [6.45, 7) is 5.67. The molecule has 3 heteroatoms. The summed E-state index contributed by atoms with van der Waals surface area (Å²) < 4.78 is 13.8. The second-order valence-corrected chi connectivity index (χ2v) is 4.73. The molecule has 2 rings (SSSR count). The third kappa shape index (κ3) is 2.19. The molecular formula is C13H18FNO. The van der Waals surface area contributed by atoms with E-state index < -0.39 is 6.10 Å². The van der Waals surface area contributed by atoms with E-state index in [0.717, 1.165) is 19.5 Å². The molecule has 1 saturated heterocycles. The lowest BCUT2D eigenvalue weighted by molar-refractivity contribution is 0.199. The third-order valence-corrected chi connectivity index (χ3v) is 3.22. The second-order valence-electron chi connectivity index (χ2n) is 4.73. The minimum Gasteiger partial charge on any atom is -0.389 e. The Kier molecular flexibility index (Phi) is 3.15. The highest BCUT2D eigenvalue weighted by Gasteiger charge is 2.21. The van der Waals surface area contributed by atoms with E-state index in [-0.39, 0.29) is 5.82 Å². The number of rotatable bonds is 2. The average Bonchev–Trinajstić information content (AvgIpc) is 2.64. The van der Waals surface area contributed by atoms with Gasteiger partial charge in [0.25, 0.3) is 0 Å². The predicted molar refractivity (Wildman–Crippen MR) is 63.0 cm³/mol. The van der Waals surface area contributed by atoms with Crippen molar-refractivity contribution in [1.82, 2.24) is 0 Å². The van der Waals surface area contributed by atoms with Gasteiger partial charge < -0.3 is 10.0 Å². The smallest absolute Gasteiger partial charge is 0.146 e. The Morgan fingerprint density at radius 2 is 2.25 bits per heavy atom. The zero-order valence-electron chi connectivity index (χ0n) is 9.78. The Balaban J connectivity index is 2.22. The van der Waals surface area contributed by atoms with Crippen LogP contribution >= 0.6 is 0 Å². The first-order chi connectivity index (χ1) is 7.58. The van der Waals surface area contributed by atoms with Crippen LogP contribution in [0.2, 0.25) is 0 Å². The number of benzene rings is 1.